The Labute approximate surface area is 115 Å². The predicted molar refractivity (Wildman–Crippen MR) is 72.5 cm³/mol. The molecule has 0 saturated heterocycles. The van der Waals surface area contributed by atoms with Gasteiger partial charge in [-0.1, -0.05) is 11.6 Å². The van der Waals surface area contributed by atoms with Crippen molar-refractivity contribution in [3.8, 4) is 5.88 Å². The van der Waals surface area contributed by atoms with Crippen molar-refractivity contribution in [2.75, 3.05) is 5.32 Å². The first-order chi connectivity index (χ1) is 9.02. The lowest BCUT2D eigenvalue weighted by Gasteiger charge is -2.10. The molecule has 1 N–H and O–H groups in total. The highest BCUT2D eigenvalue weighted by Gasteiger charge is 2.06. The second kappa shape index (κ2) is 5.84. The number of ether oxygens (including phenoxy) is 1. The van der Waals surface area contributed by atoms with Gasteiger partial charge in [0.15, 0.2) is 0 Å². The van der Waals surface area contributed by atoms with Crippen molar-refractivity contribution in [3.63, 3.8) is 0 Å². The molecule has 1 aromatic heterocycles. The van der Waals surface area contributed by atoms with E-state index in [1.807, 2.05) is 13.8 Å². The molecule has 19 heavy (non-hydrogen) atoms. The van der Waals surface area contributed by atoms with Crippen molar-refractivity contribution in [2.45, 2.75) is 20.0 Å². The fourth-order valence-electron chi connectivity index (χ4n) is 1.42. The second-order valence-corrected chi connectivity index (χ2v) is 4.54. The maximum absolute atomic E-state index is 12.8. The zero-order valence-electron chi connectivity index (χ0n) is 10.5. The molecule has 0 atom stereocenters. The average Bonchev–Trinajstić information content (AvgIpc) is 2.30. The largest absolute Gasteiger partial charge is 0.475 e. The maximum Gasteiger partial charge on any atom is 0.231 e. The summed E-state index contributed by atoms with van der Waals surface area (Å²) in [5.41, 5.74) is 0.666. The van der Waals surface area contributed by atoms with Gasteiger partial charge in [-0.15, -0.1) is 0 Å². The van der Waals surface area contributed by atoms with E-state index in [9.17, 15) is 4.39 Å². The van der Waals surface area contributed by atoms with Crippen LogP contribution in [-0.2, 0) is 0 Å². The van der Waals surface area contributed by atoms with Gasteiger partial charge >= 0.3 is 0 Å². The molecule has 0 aliphatic rings. The summed E-state index contributed by atoms with van der Waals surface area (Å²) in [6.07, 6.45) is -0.00959. The summed E-state index contributed by atoms with van der Waals surface area (Å²) in [5.74, 6) is 0.385. The number of rotatable bonds is 4. The van der Waals surface area contributed by atoms with Crippen molar-refractivity contribution in [1.29, 1.82) is 0 Å². The van der Waals surface area contributed by atoms with Gasteiger partial charge in [-0.05, 0) is 38.1 Å². The van der Waals surface area contributed by atoms with Crippen molar-refractivity contribution in [3.05, 3.63) is 41.3 Å². The van der Waals surface area contributed by atoms with Crippen molar-refractivity contribution in [1.82, 2.24) is 9.97 Å². The van der Waals surface area contributed by atoms with Crippen LogP contribution in [0.2, 0.25) is 5.15 Å². The lowest BCUT2D eigenvalue weighted by molar-refractivity contribution is 0.232. The van der Waals surface area contributed by atoms with E-state index in [1.165, 1.54) is 18.2 Å². The second-order valence-electron chi connectivity index (χ2n) is 4.15. The lowest BCUT2D eigenvalue weighted by atomic mass is 10.3. The van der Waals surface area contributed by atoms with E-state index in [0.29, 0.717) is 17.5 Å². The molecule has 2 aromatic rings. The Kier molecular flexibility index (Phi) is 4.16. The van der Waals surface area contributed by atoms with Gasteiger partial charge < -0.3 is 10.1 Å². The summed E-state index contributed by atoms with van der Waals surface area (Å²) >= 11 is 5.89. The molecule has 0 aliphatic carbocycles. The molecule has 0 saturated carbocycles. The van der Waals surface area contributed by atoms with E-state index in [4.69, 9.17) is 16.3 Å². The van der Waals surface area contributed by atoms with Crippen LogP contribution < -0.4 is 10.1 Å². The summed E-state index contributed by atoms with van der Waals surface area (Å²) in [7, 11) is 0. The third-order valence-electron chi connectivity index (χ3n) is 2.13. The fraction of sp³-hybridized carbons (Fsp3) is 0.231. The van der Waals surface area contributed by atoms with Crippen LogP contribution in [0.15, 0.2) is 30.3 Å². The third kappa shape index (κ3) is 4.06. The van der Waals surface area contributed by atoms with Gasteiger partial charge in [0.05, 0.1) is 6.10 Å². The Balaban J connectivity index is 2.19. The summed E-state index contributed by atoms with van der Waals surface area (Å²) in [6, 6.07) is 7.40. The maximum atomic E-state index is 12.8. The van der Waals surface area contributed by atoms with Crippen LogP contribution >= 0.6 is 11.6 Å². The van der Waals surface area contributed by atoms with Crippen LogP contribution in [0.4, 0.5) is 16.0 Å². The van der Waals surface area contributed by atoms with Gasteiger partial charge in [-0.25, -0.2) is 9.37 Å². The Morgan fingerprint density at radius 1 is 1.21 bits per heavy atom. The summed E-state index contributed by atoms with van der Waals surface area (Å²) in [4.78, 5) is 8.20. The SMILES string of the molecule is CC(C)Oc1cc(Cl)nc(Nc2ccc(F)cc2)n1. The zero-order valence-corrected chi connectivity index (χ0v) is 11.3. The van der Waals surface area contributed by atoms with Crippen LogP contribution in [0.1, 0.15) is 13.8 Å². The third-order valence-corrected chi connectivity index (χ3v) is 2.32. The van der Waals surface area contributed by atoms with Crippen LogP contribution in [0.3, 0.4) is 0 Å². The quantitative estimate of drug-likeness (QED) is 0.866. The van der Waals surface area contributed by atoms with E-state index < -0.39 is 0 Å². The number of nitrogens with one attached hydrogen (secondary N) is 1. The van der Waals surface area contributed by atoms with Gasteiger partial charge in [-0.2, -0.15) is 4.98 Å². The molecule has 1 heterocycles. The molecule has 0 fully saturated rings. The van der Waals surface area contributed by atoms with Crippen molar-refractivity contribution < 1.29 is 9.13 Å². The van der Waals surface area contributed by atoms with Gasteiger partial charge in [0.2, 0.25) is 11.8 Å². The molecule has 4 nitrogen and oxygen atoms in total. The topological polar surface area (TPSA) is 47.0 Å². The van der Waals surface area contributed by atoms with Crippen LogP contribution in [0.25, 0.3) is 0 Å². The molecule has 1 aromatic carbocycles. The van der Waals surface area contributed by atoms with Gasteiger partial charge in [0, 0.05) is 11.8 Å². The first-order valence-corrected chi connectivity index (χ1v) is 6.14. The zero-order chi connectivity index (χ0) is 13.8. The molecular weight excluding hydrogens is 269 g/mol. The van der Waals surface area contributed by atoms with E-state index in [-0.39, 0.29) is 17.1 Å². The van der Waals surface area contributed by atoms with E-state index >= 15 is 0 Å². The van der Waals surface area contributed by atoms with Crippen LogP contribution in [0, 0.1) is 5.82 Å². The normalized spacial score (nSPS) is 10.6. The molecule has 0 bridgehead atoms. The predicted octanol–water partition coefficient (Wildman–Crippen LogP) is 3.80. The number of hydrogen-bond donors (Lipinski definition) is 1. The monoisotopic (exact) mass is 281 g/mol. The highest BCUT2D eigenvalue weighted by atomic mass is 35.5. The fourth-order valence-corrected chi connectivity index (χ4v) is 1.59. The summed E-state index contributed by atoms with van der Waals surface area (Å²) < 4.78 is 18.3. The highest BCUT2D eigenvalue weighted by Crippen LogP contribution is 2.20. The van der Waals surface area contributed by atoms with Crippen LogP contribution in [0.5, 0.6) is 5.88 Å². The summed E-state index contributed by atoms with van der Waals surface area (Å²) in [5, 5.41) is 3.21. The number of halogens is 2. The first kappa shape index (κ1) is 13.5. The number of anilines is 2. The number of nitrogens with zero attached hydrogens (tertiary/aromatic N) is 2. The Morgan fingerprint density at radius 2 is 1.89 bits per heavy atom. The Hall–Kier alpha value is -1.88. The van der Waals surface area contributed by atoms with Crippen molar-refractivity contribution >= 4 is 23.2 Å². The molecule has 0 spiro atoms. The van der Waals surface area contributed by atoms with E-state index in [1.54, 1.807) is 12.1 Å². The molecule has 0 aliphatic heterocycles. The lowest BCUT2D eigenvalue weighted by Crippen LogP contribution is -2.08. The van der Waals surface area contributed by atoms with E-state index in [0.717, 1.165) is 0 Å². The highest BCUT2D eigenvalue weighted by molar-refractivity contribution is 6.29. The molecule has 2 rings (SSSR count). The van der Waals surface area contributed by atoms with Gasteiger partial charge in [-0.3, -0.25) is 0 Å². The molecule has 100 valence electrons. The van der Waals surface area contributed by atoms with Gasteiger partial charge in [0.1, 0.15) is 11.0 Å². The average molecular weight is 282 g/mol. The van der Waals surface area contributed by atoms with E-state index in [2.05, 4.69) is 15.3 Å². The standard InChI is InChI=1S/C13H13ClFN3O/c1-8(2)19-12-7-11(14)17-13(18-12)16-10-5-3-9(15)4-6-10/h3-8H,1-2H3,(H,16,17,18). The first-order valence-electron chi connectivity index (χ1n) is 5.77. The number of aromatic nitrogens is 2. The minimum atomic E-state index is -0.304. The van der Waals surface area contributed by atoms with Gasteiger partial charge in [0.25, 0.3) is 0 Å². The number of benzene rings is 1. The molecule has 6 heteroatoms. The Bertz CT molecular complexity index is 560. The smallest absolute Gasteiger partial charge is 0.231 e. The molecule has 0 unspecified atom stereocenters. The molecule has 0 amide bonds. The summed E-state index contributed by atoms with van der Waals surface area (Å²) in [6.45, 7) is 3.78. The minimum Gasteiger partial charge on any atom is -0.475 e. The number of hydrogen-bond acceptors (Lipinski definition) is 4. The molecular formula is C13H13ClFN3O. The Morgan fingerprint density at radius 3 is 2.53 bits per heavy atom. The minimum absolute atomic E-state index is 0.00959. The van der Waals surface area contributed by atoms with Crippen molar-refractivity contribution in [2.24, 2.45) is 0 Å². The van der Waals surface area contributed by atoms with Crippen LogP contribution in [-0.4, -0.2) is 16.1 Å². The molecule has 0 radical (unpaired) electrons.